The number of nitrogens with one attached hydrogen (secondary N) is 1. The summed E-state index contributed by atoms with van der Waals surface area (Å²) in [5.74, 6) is 0.116. The Hall–Kier alpha value is -3.09. The third kappa shape index (κ3) is 3.06. The van der Waals surface area contributed by atoms with E-state index in [1.165, 1.54) is 11.0 Å². The van der Waals surface area contributed by atoms with Crippen LogP contribution in [0.1, 0.15) is 26.3 Å². The van der Waals surface area contributed by atoms with Crippen molar-refractivity contribution in [2.75, 3.05) is 19.5 Å². The van der Waals surface area contributed by atoms with Crippen LogP contribution in [0.2, 0.25) is 0 Å². The molecular weight excluding hydrogens is 359 g/mol. The molecule has 3 N–H and O–H groups in total. The van der Waals surface area contributed by atoms with E-state index >= 15 is 0 Å². The van der Waals surface area contributed by atoms with Gasteiger partial charge in [-0.3, -0.25) is 9.69 Å². The number of ether oxygens (including phenoxy) is 1. The van der Waals surface area contributed by atoms with Gasteiger partial charge in [-0.25, -0.2) is 9.38 Å². The van der Waals surface area contributed by atoms with Crippen LogP contribution in [-0.4, -0.2) is 30.9 Å². The lowest BCUT2D eigenvalue weighted by Crippen LogP contribution is -2.58. The molecule has 0 bridgehead atoms. The third-order valence-corrected chi connectivity index (χ3v) is 5.59. The molecule has 1 aliphatic rings. The van der Waals surface area contributed by atoms with E-state index in [2.05, 4.69) is 10.3 Å². The fraction of sp³-hybridized carbons (Fsp3) is 0.333. The summed E-state index contributed by atoms with van der Waals surface area (Å²) >= 11 is 0. The molecular formula is C21H25FN4O2. The number of anilines is 2. The van der Waals surface area contributed by atoms with E-state index in [0.29, 0.717) is 17.0 Å². The summed E-state index contributed by atoms with van der Waals surface area (Å²) in [6.45, 7) is 5.24. The molecule has 2 aromatic carbocycles. The molecule has 0 fully saturated rings. The average molecular weight is 384 g/mol. The number of hydrogen-bond donors (Lipinski definition) is 2. The Morgan fingerprint density at radius 2 is 1.82 bits per heavy atom. The molecule has 0 saturated carbocycles. The lowest BCUT2D eigenvalue weighted by molar-refractivity contribution is -0.140. The minimum absolute atomic E-state index is 0.0670. The lowest BCUT2D eigenvalue weighted by Gasteiger charge is -2.46. The van der Waals surface area contributed by atoms with E-state index in [0.717, 1.165) is 5.69 Å². The van der Waals surface area contributed by atoms with Crippen LogP contribution in [0.4, 0.5) is 15.8 Å². The van der Waals surface area contributed by atoms with Crippen LogP contribution in [0, 0.1) is 11.2 Å². The van der Waals surface area contributed by atoms with Gasteiger partial charge in [0.2, 0.25) is 5.91 Å². The summed E-state index contributed by atoms with van der Waals surface area (Å²) < 4.78 is 20.1. The fourth-order valence-corrected chi connectivity index (χ4v) is 3.42. The minimum atomic E-state index is -1.16. The van der Waals surface area contributed by atoms with Crippen LogP contribution < -0.4 is 15.8 Å². The first kappa shape index (κ1) is 19.7. The largest absolute Gasteiger partial charge is 0.497 e. The van der Waals surface area contributed by atoms with Crippen molar-refractivity contribution < 1.29 is 13.9 Å². The van der Waals surface area contributed by atoms with Crippen molar-refractivity contribution in [3.63, 3.8) is 0 Å². The van der Waals surface area contributed by atoms with Crippen LogP contribution in [0.5, 0.6) is 5.75 Å². The number of methoxy groups -OCH3 is 1. The Morgan fingerprint density at radius 3 is 2.50 bits per heavy atom. The van der Waals surface area contributed by atoms with E-state index in [9.17, 15) is 9.18 Å². The molecule has 1 atom stereocenters. The van der Waals surface area contributed by atoms with Crippen molar-refractivity contribution in [2.24, 2.45) is 16.1 Å². The molecule has 0 aromatic heterocycles. The number of halogens is 1. The second-order valence-electron chi connectivity index (χ2n) is 7.58. The van der Waals surface area contributed by atoms with Gasteiger partial charge in [-0.05, 0) is 51.1 Å². The first-order valence-corrected chi connectivity index (χ1v) is 8.95. The monoisotopic (exact) mass is 384 g/mol. The van der Waals surface area contributed by atoms with Crippen molar-refractivity contribution in [3.05, 3.63) is 53.8 Å². The molecule has 1 aliphatic heterocycles. The number of nitrogens with two attached hydrogens (primary N) is 1. The zero-order valence-electron chi connectivity index (χ0n) is 16.7. The SMILES string of the molecule is COc1cccc(Nc2ccc(F)c(C3(C)N=C(N)N(C)C(=O)C3(C)C)c2)c1. The summed E-state index contributed by atoms with van der Waals surface area (Å²) in [5, 5.41) is 3.24. The van der Waals surface area contributed by atoms with E-state index in [1.54, 1.807) is 47.1 Å². The molecule has 1 unspecified atom stereocenters. The Balaban J connectivity index is 2.07. The molecule has 2 aromatic rings. The molecule has 0 saturated heterocycles. The normalized spacial score (nSPS) is 21.3. The molecule has 1 heterocycles. The Morgan fingerprint density at radius 1 is 1.14 bits per heavy atom. The number of hydrogen-bond acceptors (Lipinski definition) is 5. The molecule has 28 heavy (non-hydrogen) atoms. The Bertz CT molecular complexity index is 957. The maximum absolute atomic E-state index is 14.9. The molecule has 0 spiro atoms. The summed E-state index contributed by atoms with van der Waals surface area (Å²) in [7, 11) is 3.16. The predicted molar refractivity (Wildman–Crippen MR) is 108 cm³/mol. The second-order valence-corrected chi connectivity index (χ2v) is 7.58. The number of benzene rings is 2. The molecule has 0 radical (unpaired) electrons. The van der Waals surface area contributed by atoms with Crippen molar-refractivity contribution >= 4 is 23.2 Å². The van der Waals surface area contributed by atoms with Gasteiger partial charge in [-0.15, -0.1) is 0 Å². The zero-order chi connectivity index (χ0) is 20.7. The quantitative estimate of drug-likeness (QED) is 0.844. The summed E-state index contributed by atoms with van der Waals surface area (Å²) in [6.07, 6.45) is 0. The van der Waals surface area contributed by atoms with Gasteiger partial charge in [0.25, 0.3) is 0 Å². The zero-order valence-corrected chi connectivity index (χ0v) is 16.7. The number of carbonyl (C=O) groups is 1. The number of carbonyl (C=O) groups excluding carboxylic acids is 1. The highest BCUT2D eigenvalue weighted by atomic mass is 19.1. The highest BCUT2D eigenvalue weighted by molar-refractivity contribution is 6.01. The van der Waals surface area contributed by atoms with Gasteiger partial charge in [0.1, 0.15) is 17.1 Å². The van der Waals surface area contributed by atoms with Crippen molar-refractivity contribution in [1.82, 2.24) is 4.90 Å². The van der Waals surface area contributed by atoms with Crippen molar-refractivity contribution in [3.8, 4) is 5.75 Å². The number of rotatable bonds is 4. The molecule has 3 rings (SSSR count). The summed E-state index contributed by atoms with van der Waals surface area (Å²) in [4.78, 5) is 18.6. The Labute approximate surface area is 164 Å². The summed E-state index contributed by atoms with van der Waals surface area (Å²) in [5.41, 5.74) is 5.57. The van der Waals surface area contributed by atoms with Crippen LogP contribution in [0.15, 0.2) is 47.5 Å². The predicted octanol–water partition coefficient (Wildman–Crippen LogP) is 3.61. The number of aliphatic imine (C=N–C) groups is 1. The maximum atomic E-state index is 14.9. The van der Waals surface area contributed by atoms with E-state index in [1.807, 2.05) is 24.3 Å². The topological polar surface area (TPSA) is 80.0 Å². The van der Waals surface area contributed by atoms with Gasteiger partial charge in [-0.1, -0.05) is 6.07 Å². The second kappa shape index (κ2) is 6.82. The molecule has 148 valence electrons. The fourth-order valence-electron chi connectivity index (χ4n) is 3.42. The van der Waals surface area contributed by atoms with Gasteiger partial charge in [0.15, 0.2) is 5.96 Å². The van der Waals surface area contributed by atoms with Crippen LogP contribution in [0.25, 0.3) is 0 Å². The summed E-state index contributed by atoms with van der Waals surface area (Å²) in [6, 6.07) is 12.1. The molecule has 7 heteroatoms. The highest BCUT2D eigenvalue weighted by Crippen LogP contribution is 2.47. The minimum Gasteiger partial charge on any atom is -0.497 e. The first-order valence-electron chi connectivity index (χ1n) is 8.95. The maximum Gasteiger partial charge on any atom is 0.237 e. The van der Waals surface area contributed by atoms with Gasteiger partial charge >= 0.3 is 0 Å². The van der Waals surface area contributed by atoms with E-state index in [4.69, 9.17) is 10.5 Å². The van der Waals surface area contributed by atoms with Crippen molar-refractivity contribution in [2.45, 2.75) is 26.3 Å². The van der Waals surface area contributed by atoms with Crippen LogP contribution in [0.3, 0.4) is 0 Å². The van der Waals surface area contributed by atoms with Gasteiger partial charge in [-0.2, -0.15) is 0 Å². The number of guanidine groups is 1. The van der Waals surface area contributed by atoms with Crippen LogP contribution >= 0.6 is 0 Å². The first-order chi connectivity index (χ1) is 13.1. The number of amides is 1. The van der Waals surface area contributed by atoms with E-state index in [-0.39, 0.29) is 11.9 Å². The Kier molecular flexibility index (Phi) is 4.79. The molecule has 0 aliphatic carbocycles. The van der Waals surface area contributed by atoms with E-state index < -0.39 is 16.8 Å². The van der Waals surface area contributed by atoms with Gasteiger partial charge in [0, 0.05) is 30.1 Å². The van der Waals surface area contributed by atoms with Crippen molar-refractivity contribution in [1.29, 1.82) is 0 Å². The lowest BCUT2D eigenvalue weighted by atomic mass is 9.67. The molecule has 6 nitrogen and oxygen atoms in total. The standard InChI is InChI=1S/C21H25FN4O2/c1-20(2)18(27)26(4)19(23)25-21(20,3)16-12-14(9-10-17(16)22)24-13-7-6-8-15(11-13)28-5/h6-12,24H,1-5H3,(H2,23,25). The smallest absolute Gasteiger partial charge is 0.237 e. The molecule has 1 amide bonds. The average Bonchev–Trinajstić information content (AvgIpc) is 2.67. The van der Waals surface area contributed by atoms with Gasteiger partial charge < -0.3 is 15.8 Å². The highest BCUT2D eigenvalue weighted by Gasteiger charge is 2.53. The van der Waals surface area contributed by atoms with Crippen LogP contribution in [-0.2, 0) is 10.3 Å². The van der Waals surface area contributed by atoms with Gasteiger partial charge in [0.05, 0.1) is 12.5 Å². The third-order valence-electron chi connectivity index (χ3n) is 5.59. The number of nitrogens with zero attached hydrogens (tertiary/aromatic N) is 2.